The summed E-state index contributed by atoms with van der Waals surface area (Å²) in [6.07, 6.45) is 3.38. The fourth-order valence-corrected chi connectivity index (χ4v) is 3.95. The largest absolute Gasteiger partial charge is 0.455 e. The van der Waals surface area contributed by atoms with Gasteiger partial charge in [-0.2, -0.15) is 11.3 Å². The lowest BCUT2D eigenvalue weighted by atomic mass is 9.97. The monoisotopic (exact) mass is 355 g/mol. The standard InChI is InChI=1S/C22H13NO2S/c24-20-12-21(14-5-8-23-9-6-14)25-22-17-4-2-1-3-16(17)18(11-19(20)22)15-7-10-26-13-15/h1-13H. The van der Waals surface area contributed by atoms with Gasteiger partial charge in [0.2, 0.25) is 0 Å². The fourth-order valence-electron chi connectivity index (χ4n) is 3.29. The molecule has 5 aromatic rings. The second kappa shape index (κ2) is 5.93. The van der Waals surface area contributed by atoms with E-state index in [-0.39, 0.29) is 5.43 Å². The molecule has 124 valence electrons. The number of rotatable bonds is 2. The first-order chi connectivity index (χ1) is 12.8. The summed E-state index contributed by atoms with van der Waals surface area (Å²) in [5.74, 6) is 0.554. The van der Waals surface area contributed by atoms with Crippen molar-refractivity contribution in [2.45, 2.75) is 0 Å². The van der Waals surface area contributed by atoms with Crippen LogP contribution in [0.5, 0.6) is 0 Å². The molecule has 0 spiro atoms. The third-order valence-electron chi connectivity index (χ3n) is 4.53. The van der Waals surface area contributed by atoms with Crippen molar-refractivity contribution >= 4 is 33.1 Å². The second-order valence-corrected chi connectivity index (χ2v) is 6.85. The number of fused-ring (bicyclic) bond motifs is 3. The molecule has 0 saturated heterocycles. The van der Waals surface area contributed by atoms with Crippen molar-refractivity contribution < 1.29 is 4.42 Å². The van der Waals surface area contributed by atoms with Crippen molar-refractivity contribution in [1.82, 2.24) is 4.98 Å². The van der Waals surface area contributed by atoms with Gasteiger partial charge in [-0.3, -0.25) is 9.78 Å². The molecule has 3 aromatic heterocycles. The summed E-state index contributed by atoms with van der Waals surface area (Å²) < 4.78 is 6.19. The predicted molar refractivity (Wildman–Crippen MR) is 107 cm³/mol. The molecular weight excluding hydrogens is 342 g/mol. The van der Waals surface area contributed by atoms with Crippen LogP contribution in [0.15, 0.2) is 87.0 Å². The summed E-state index contributed by atoms with van der Waals surface area (Å²) in [5.41, 5.74) is 3.59. The number of aromatic nitrogens is 1. The number of thiophene rings is 1. The fraction of sp³-hybridized carbons (Fsp3) is 0. The molecule has 4 heteroatoms. The van der Waals surface area contributed by atoms with E-state index in [1.807, 2.05) is 41.8 Å². The van der Waals surface area contributed by atoms with Crippen molar-refractivity contribution in [2.24, 2.45) is 0 Å². The molecule has 0 aliphatic heterocycles. The van der Waals surface area contributed by atoms with Crippen molar-refractivity contribution in [3.8, 4) is 22.5 Å². The number of hydrogen-bond acceptors (Lipinski definition) is 4. The van der Waals surface area contributed by atoms with Gasteiger partial charge in [-0.05, 0) is 51.5 Å². The van der Waals surface area contributed by atoms with Gasteiger partial charge in [0.15, 0.2) is 5.43 Å². The van der Waals surface area contributed by atoms with E-state index in [0.29, 0.717) is 16.7 Å². The van der Waals surface area contributed by atoms with E-state index in [0.717, 1.165) is 27.5 Å². The minimum atomic E-state index is -0.0414. The molecule has 0 aliphatic rings. The third kappa shape index (κ3) is 2.35. The average Bonchev–Trinajstić information content (AvgIpc) is 3.23. The molecule has 26 heavy (non-hydrogen) atoms. The number of benzene rings is 2. The average molecular weight is 355 g/mol. The number of pyridine rings is 1. The zero-order chi connectivity index (χ0) is 17.5. The van der Waals surface area contributed by atoms with Gasteiger partial charge in [0.1, 0.15) is 11.3 Å². The lowest BCUT2D eigenvalue weighted by Gasteiger charge is -2.10. The van der Waals surface area contributed by atoms with Gasteiger partial charge in [-0.1, -0.05) is 24.3 Å². The van der Waals surface area contributed by atoms with E-state index >= 15 is 0 Å². The molecule has 0 fully saturated rings. The Morgan fingerprint density at radius 2 is 1.65 bits per heavy atom. The minimum Gasteiger partial charge on any atom is -0.455 e. The van der Waals surface area contributed by atoms with E-state index in [4.69, 9.17) is 4.42 Å². The molecule has 0 amide bonds. The Morgan fingerprint density at radius 1 is 0.846 bits per heavy atom. The molecule has 3 nitrogen and oxygen atoms in total. The van der Waals surface area contributed by atoms with E-state index in [1.54, 1.807) is 29.8 Å². The van der Waals surface area contributed by atoms with Crippen LogP contribution in [0.3, 0.4) is 0 Å². The summed E-state index contributed by atoms with van der Waals surface area (Å²) in [4.78, 5) is 16.9. The highest BCUT2D eigenvalue weighted by Gasteiger charge is 2.14. The molecule has 0 bridgehead atoms. The van der Waals surface area contributed by atoms with E-state index in [1.165, 1.54) is 0 Å². The van der Waals surface area contributed by atoms with E-state index in [2.05, 4.69) is 22.5 Å². The summed E-state index contributed by atoms with van der Waals surface area (Å²) in [5, 5.41) is 6.76. The topological polar surface area (TPSA) is 43.1 Å². The van der Waals surface area contributed by atoms with Crippen LogP contribution in [0.2, 0.25) is 0 Å². The van der Waals surface area contributed by atoms with Crippen molar-refractivity contribution in [1.29, 1.82) is 0 Å². The first-order valence-corrected chi connectivity index (χ1v) is 9.18. The highest BCUT2D eigenvalue weighted by Crippen LogP contribution is 2.36. The maximum absolute atomic E-state index is 12.9. The van der Waals surface area contributed by atoms with Gasteiger partial charge in [-0.15, -0.1) is 0 Å². The molecular formula is C22H13NO2S. The lowest BCUT2D eigenvalue weighted by Crippen LogP contribution is -2.01. The van der Waals surface area contributed by atoms with Gasteiger partial charge in [-0.25, -0.2) is 0 Å². The highest BCUT2D eigenvalue weighted by atomic mass is 32.1. The van der Waals surface area contributed by atoms with Crippen LogP contribution in [-0.2, 0) is 0 Å². The molecule has 2 aromatic carbocycles. The Hall–Kier alpha value is -3.24. The molecule has 0 saturated carbocycles. The van der Waals surface area contributed by atoms with Crippen LogP contribution < -0.4 is 5.43 Å². The molecule has 3 heterocycles. The van der Waals surface area contributed by atoms with Gasteiger partial charge in [0.05, 0.1) is 5.39 Å². The maximum Gasteiger partial charge on any atom is 0.193 e. The van der Waals surface area contributed by atoms with Crippen LogP contribution in [0.1, 0.15) is 0 Å². The first kappa shape index (κ1) is 15.0. The number of hydrogen-bond donors (Lipinski definition) is 0. The van der Waals surface area contributed by atoms with Gasteiger partial charge in [0.25, 0.3) is 0 Å². The van der Waals surface area contributed by atoms with Crippen LogP contribution in [0.4, 0.5) is 0 Å². The quantitative estimate of drug-likeness (QED) is 0.379. The molecule has 0 N–H and O–H groups in total. The van der Waals surface area contributed by atoms with Gasteiger partial charge >= 0.3 is 0 Å². The molecule has 0 atom stereocenters. The van der Waals surface area contributed by atoms with Crippen LogP contribution >= 0.6 is 11.3 Å². The predicted octanol–water partition coefficient (Wildman–Crippen LogP) is 5.74. The Balaban J connectivity index is 1.91. The summed E-state index contributed by atoms with van der Waals surface area (Å²) >= 11 is 1.64. The van der Waals surface area contributed by atoms with Crippen molar-refractivity contribution in [3.63, 3.8) is 0 Å². The minimum absolute atomic E-state index is 0.0414. The summed E-state index contributed by atoms with van der Waals surface area (Å²) in [6.45, 7) is 0. The normalized spacial score (nSPS) is 11.2. The van der Waals surface area contributed by atoms with Crippen LogP contribution in [0.25, 0.3) is 44.2 Å². The second-order valence-electron chi connectivity index (χ2n) is 6.07. The summed E-state index contributed by atoms with van der Waals surface area (Å²) in [7, 11) is 0. The smallest absolute Gasteiger partial charge is 0.193 e. The Morgan fingerprint density at radius 3 is 2.42 bits per heavy atom. The molecule has 0 unspecified atom stereocenters. The van der Waals surface area contributed by atoms with Crippen molar-refractivity contribution in [2.75, 3.05) is 0 Å². The first-order valence-electron chi connectivity index (χ1n) is 8.24. The Labute approximate surface area is 153 Å². The number of nitrogens with zero attached hydrogens (tertiary/aromatic N) is 1. The van der Waals surface area contributed by atoms with Gasteiger partial charge < -0.3 is 4.42 Å². The molecule has 0 radical (unpaired) electrons. The highest BCUT2D eigenvalue weighted by molar-refractivity contribution is 7.08. The third-order valence-corrected chi connectivity index (χ3v) is 5.22. The van der Waals surface area contributed by atoms with Crippen LogP contribution in [0, 0.1) is 0 Å². The van der Waals surface area contributed by atoms with Crippen molar-refractivity contribution in [3.05, 3.63) is 88.0 Å². The molecule has 0 aliphatic carbocycles. The lowest BCUT2D eigenvalue weighted by molar-refractivity contribution is 0.622. The van der Waals surface area contributed by atoms with Gasteiger partial charge in [0, 0.05) is 29.4 Å². The van der Waals surface area contributed by atoms with E-state index in [9.17, 15) is 4.79 Å². The summed E-state index contributed by atoms with van der Waals surface area (Å²) in [6, 6.07) is 17.3. The molecule has 5 rings (SSSR count). The SMILES string of the molecule is O=c1cc(-c2ccncc2)oc2c1cc(-c1ccsc1)c1ccccc12. The zero-order valence-electron chi connectivity index (χ0n) is 13.7. The van der Waals surface area contributed by atoms with E-state index < -0.39 is 0 Å². The maximum atomic E-state index is 12.9. The van der Waals surface area contributed by atoms with Crippen LogP contribution in [-0.4, -0.2) is 4.98 Å². The Kier molecular flexibility index (Phi) is 3.43. The zero-order valence-corrected chi connectivity index (χ0v) is 14.5. The Bertz CT molecular complexity index is 1290.